The molecule has 2 aliphatic carbocycles. The van der Waals surface area contributed by atoms with Crippen molar-refractivity contribution >= 4 is 13.2 Å². The first-order chi connectivity index (χ1) is 12.7. The van der Waals surface area contributed by atoms with Gasteiger partial charge in [0.15, 0.2) is 0 Å². The summed E-state index contributed by atoms with van der Waals surface area (Å²) >= 11 is 0. The second kappa shape index (κ2) is 8.57. The second-order valence-corrected chi connectivity index (χ2v) is 14.1. The van der Waals surface area contributed by atoms with Crippen molar-refractivity contribution in [3.63, 3.8) is 0 Å². The first-order valence-electron chi connectivity index (χ1n) is 11.6. The fourth-order valence-corrected chi connectivity index (χ4v) is 8.92. The average molecular weight is 387 g/mol. The molecular weight excluding hydrogens is 343 g/mol. The van der Waals surface area contributed by atoms with Crippen LogP contribution in [-0.4, -0.2) is 11.3 Å². The third-order valence-electron chi connectivity index (χ3n) is 6.88. The van der Waals surface area contributed by atoms with Crippen molar-refractivity contribution in [3.05, 3.63) is 29.3 Å². The minimum Gasteiger partial charge on any atom is -0.0689 e. The van der Waals surface area contributed by atoms with Crippen molar-refractivity contribution in [2.45, 2.75) is 128 Å². The maximum atomic E-state index is 2.64. The Balaban J connectivity index is 2.06. The van der Waals surface area contributed by atoms with E-state index in [2.05, 4.69) is 59.7 Å². The van der Waals surface area contributed by atoms with Gasteiger partial charge in [-0.05, 0) is 64.3 Å². The van der Waals surface area contributed by atoms with Crippen LogP contribution in [0.15, 0.2) is 18.2 Å². The van der Waals surface area contributed by atoms with Gasteiger partial charge in [-0.2, -0.15) is 0 Å². The SMILES string of the molecule is CC(C)(C)c1cc(P(C2CCCCC2)C2CCCCC2)cc(C(C)(C)C)c1. The van der Waals surface area contributed by atoms with Crippen LogP contribution in [0.4, 0.5) is 0 Å². The fraction of sp³-hybridized carbons (Fsp3) is 0.769. The van der Waals surface area contributed by atoms with Crippen molar-refractivity contribution < 1.29 is 0 Å². The lowest BCUT2D eigenvalue weighted by Crippen LogP contribution is -2.28. The van der Waals surface area contributed by atoms with E-state index in [1.807, 2.05) is 0 Å². The number of rotatable bonds is 3. The van der Waals surface area contributed by atoms with Crippen molar-refractivity contribution in [2.24, 2.45) is 0 Å². The monoisotopic (exact) mass is 386 g/mol. The lowest BCUT2D eigenvalue weighted by atomic mass is 9.81. The van der Waals surface area contributed by atoms with Crippen LogP contribution in [0.1, 0.15) is 117 Å². The maximum absolute atomic E-state index is 2.64. The van der Waals surface area contributed by atoms with Gasteiger partial charge in [-0.1, -0.05) is 106 Å². The smallest absolute Gasteiger partial charge is 0.0132 e. The molecule has 2 aliphatic rings. The summed E-state index contributed by atoms with van der Waals surface area (Å²) in [6.07, 6.45) is 14.8. The predicted octanol–water partition coefficient (Wildman–Crippen LogP) is 8.05. The van der Waals surface area contributed by atoms with E-state index in [-0.39, 0.29) is 18.8 Å². The summed E-state index contributed by atoms with van der Waals surface area (Å²) in [4.78, 5) is 0. The van der Waals surface area contributed by atoms with Crippen LogP contribution in [0.2, 0.25) is 0 Å². The molecule has 27 heavy (non-hydrogen) atoms. The maximum Gasteiger partial charge on any atom is -0.0132 e. The number of hydrogen-bond donors (Lipinski definition) is 0. The molecule has 0 nitrogen and oxygen atoms in total. The van der Waals surface area contributed by atoms with Gasteiger partial charge in [0.05, 0.1) is 0 Å². The number of hydrogen-bond acceptors (Lipinski definition) is 0. The molecule has 0 bridgehead atoms. The summed E-state index contributed by atoms with van der Waals surface area (Å²) in [6.45, 7) is 14.3. The van der Waals surface area contributed by atoms with E-state index >= 15 is 0 Å². The Morgan fingerprint density at radius 2 is 0.963 bits per heavy atom. The molecule has 1 aromatic carbocycles. The van der Waals surface area contributed by atoms with Crippen LogP contribution in [0.3, 0.4) is 0 Å². The summed E-state index contributed by atoms with van der Waals surface area (Å²) in [7, 11) is -0.0188. The zero-order valence-electron chi connectivity index (χ0n) is 18.9. The largest absolute Gasteiger partial charge is 0.0689 e. The molecule has 0 radical (unpaired) electrons. The van der Waals surface area contributed by atoms with E-state index in [0.717, 1.165) is 11.3 Å². The van der Waals surface area contributed by atoms with Crippen LogP contribution in [-0.2, 0) is 10.8 Å². The van der Waals surface area contributed by atoms with Gasteiger partial charge in [0.2, 0.25) is 0 Å². The Hall–Kier alpha value is -0.350. The molecule has 3 rings (SSSR count). The molecule has 0 aromatic heterocycles. The van der Waals surface area contributed by atoms with Gasteiger partial charge in [0, 0.05) is 0 Å². The van der Waals surface area contributed by atoms with E-state index in [4.69, 9.17) is 0 Å². The molecule has 0 spiro atoms. The van der Waals surface area contributed by atoms with Crippen LogP contribution >= 0.6 is 7.92 Å². The molecule has 1 heteroatoms. The second-order valence-electron chi connectivity index (χ2n) is 11.3. The molecule has 0 atom stereocenters. The third kappa shape index (κ3) is 5.38. The highest BCUT2D eigenvalue weighted by atomic mass is 31.1. The average Bonchev–Trinajstić information content (AvgIpc) is 2.62. The van der Waals surface area contributed by atoms with Gasteiger partial charge < -0.3 is 0 Å². The quantitative estimate of drug-likeness (QED) is 0.461. The van der Waals surface area contributed by atoms with Crippen LogP contribution in [0.25, 0.3) is 0 Å². The molecule has 1 aromatic rings. The standard InChI is InChI=1S/C26H43P/c1-25(2,3)20-17-21(26(4,5)6)19-24(18-20)27(22-13-9-7-10-14-22)23-15-11-8-12-16-23/h17-19,22-23H,7-16H2,1-6H3. The van der Waals surface area contributed by atoms with Gasteiger partial charge >= 0.3 is 0 Å². The highest BCUT2D eigenvalue weighted by Gasteiger charge is 2.33. The van der Waals surface area contributed by atoms with Crippen LogP contribution in [0, 0.1) is 0 Å². The summed E-state index contributed by atoms with van der Waals surface area (Å²) in [5, 5.41) is 1.75. The molecule has 2 fully saturated rings. The Bertz CT molecular complexity index is 554. The molecule has 152 valence electrons. The highest BCUT2D eigenvalue weighted by Crippen LogP contribution is 2.55. The zero-order chi connectivity index (χ0) is 19.7. The predicted molar refractivity (Wildman–Crippen MR) is 124 cm³/mol. The fourth-order valence-electron chi connectivity index (χ4n) is 5.06. The van der Waals surface area contributed by atoms with Crippen molar-refractivity contribution in [3.8, 4) is 0 Å². The molecule has 0 saturated heterocycles. The van der Waals surface area contributed by atoms with E-state index in [1.54, 1.807) is 16.4 Å². The van der Waals surface area contributed by atoms with Crippen molar-refractivity contribution in [1.82, 2.24) is 0 Å². The van der Waals surface area contributed by atoms with Crippen molar-refractivity contribution in [2.75, 3.05) is 0 Å². The van der Waals surface area contributed by atoms with E-state index in [9.17, 15) is 0 Å². The molecule has 0 heterocycles. The van der Waals surface area contributed by atoms with Crippen LogP contribution < -0.4 is 5.30 Å². The Kier molecular flexibility index (Phi) is 6.78. The molecule has 2 saturated carbocycles. The summed E-state index contributed by atoms with van der Waals surface area (Å²) < 4.78 is 0. The van der Waals surface area contributed by atoms with Gasteiger partial charge in [-0.15, -0.1) is 0 Å². The molecule has 0 amide bonds. The first-order valence-corrected chi connectivity index (χ1v) is 13.1. The minimum atomic E-state index is -0.0188. The molecule has 0 unspecified atom stereocenters. The Morgan fingerprint density at radius 3 is 1.30 bits per heavy atom. The van der Waals surface area contributed by atoms with Crippen LogP contribution in [0.5, 0.6) is 0 Å². The summed E-state index contributed by atoms with van der Waals surface area (Å²) in [6, 6.07) is 7.80. The van der Waals surface area contributed by atoms with Gasteiger partial charge in [-0.3, -0.25) is 0 Å². The normalized spacial score (nSPS) is 21.0. The third-order valence-corrected chi connectivity index (χ3v) is 10.3. The van der Waals surface area contributed by atoms with Gasteiger partial charge in [-0.25, -0.2) is 0 Å². The summed E-state index contributed by atoms with van der Waals surface area (Å²) in [5.74, 6) is 0. The molecule has 0 aliphatic heterocycles. The first kappa shape index (κ1) is 21.4. The van der Waals surface area contributed by atoms with E-state index in [0.29, 0.717) is 0 Å². The topological polar surface area (TPSA) is 0 Å². The molecular formula is C26H43P. The highest BCUT2D eigenvalue weighted by molar-refractivity contribution is 7.67. The Labute approximate surface area is 170 Å². The zero-order valence-corrected chi connectivity index (χ0v) is 19.8. The lowest BCUT2D eigenvalue weighted by Gasteiger charge is -2.40. The lowest BCUT2D eigenvalue weighted by molar-refractivity contribution is 0.487. The molecule has 0 N–H and O–H groups in total. The minimum absolute atomic E-state index is 0.0188. The Morgan fingerprint density at radius 1 is 0.593 bits per heavy atom. The van der Waals surface area contributed by atoms with Crippen molar-refractivity contribution in [1.29, 1.82) is 0 Å². The van der Waals surface area contributed by atoms with E-state index in [1.165, 1.54) is 64.2 Å². The van der Waals surface area contributed by atoms with E-state index < -0.39 is 0 Å². The number of benzene rings is 1. The summed E-state index contributed by atoms with van der Waals surface area (Å²) in [5.41, 5.74) is 5.56. The van der Waals surface area contributed by atoms with Gasteiger partial charge in [0.1, 0.15) is 0 Å². The van der Waals surface area contributed by atoms with Gasteiger partial charge in [0.25, 0.3) is 0 Å².